The van der Waals surface area contributed by atoms with Crippen molar-refractivity contribution in [2.75, 3.05) is 12.3 Å². The number of thiol groups is 1. The molecule has 0 radical (unpaired) electrons. The van der Waals surface area contributed by atoms with Gasteiger partial charge in [0.25, 0.3) is 0 Å². The second kappa shape index (κ2) is 8.29. The Labute approximate surface area is 153 Å². The number of aromatic amines is 1. The van der Waals surface area contributed by atoms with Crippen LogP contribution in [-0.4, -0.2) is 40.9 Å². The summed E-state index contributed by atoms with van der Waals surface area (Å²) in [6.07, 6.45) is 2.02. The van der Waals surface area contributed by atoms with Crippen LogP contribution in [-0.2, 0) is 16.0 Å². The number of benzene rings is 1. The number of amides is 2. The van der Waals surface area contributed by atoms with Crippen LogP contribution < -0.4 is 10.6 Å². The Morgan fingerprint density at radius 2 is 2.00 bits per heavy atom. The van der Waals surface area contributed by atoms with E-state index in [9.17, 15) is 9.59 Å². The van der Waals surface area contributed by atoms with E-state index >= 15 is 0 Å². The molecule has 1 aromatic heterocycles. The molecule has 0 aliphatic rings. The predicted molar refractivity (Wildman–Crippen MR) is 102 cm³/mol. The van der Waals surface area contributed by atoms with Crippen molar-refractivity contribution >= 4 is 35.5 Å². The summed E-state index contributed by atoms with van der Waals surface area (Å²) in [7, 11) is 0. The summed E-state index contributed by atoms with van der Waals surface area (Å²) in [6, 6.07) is 7.29. The molecule has 0 saturated heterocycles. The van der Waals surface area contributed by atoms with Crippen molar-refractivity contribution in [2.24, 2.45) is 0 Å². The van der Waals surface area contributed by atoms with Crippen molar-refractivity contribution in [1.82, 2.24) is 15.6 Å². The van der Waals surface area contributed by atoms with Gasteiger partial charge in [-0.05, 0) is 38.8 Å². The number of carbonyl (C=O) groups is 2. The van der Waals surface area contributed by atoms with Crippen molar-refractivity contribution in [3.05, 3.63) is 36.0 Å². The summed E-state index contributed by atoms with van der Waals surface area (Å²) < 4.78 is 5.16. The first-order valence-corrected chi connectivity index (χ1v) is 8.86. The van der Waals surface area contributed by atoms with Crippen LogP contribution in [0.4, 0.5) is 4.79 Å². The average molecular weight is 363 g/mol. The van der Waals surface area contributed by atoms with E-state index < -0.39 is 17.7 Å². The fraction of sp³-hybridized carbons (Fsp3) is 0.444. The Hall–Kier alpha value is -2.15. The molecule has 0 saturated carbocycles. The van der Waals surface area contributed by atoms with Crippen molar-refractivity contribution in [3.8, 4) is 0 Å². The minimum atomic E-state index is -0.735. The first-order valence-electron chi connectivity index (χ1n) is 8.23. The number of carbonyl (C=O) groups excluding carboxylic acids is 2. The highest BCUT2D eigenvalue weighted by Gasteiger charge is 2.23. The summed E-state index contributed by atoms with van der Waals surface area (Å²) in [6.45, 7) is 5.78. The van der Waals surface area contributed by atoms with E-state index in [1.807, 2.05) is 30.5 Å². The zero-order valence-corrected chi connectivity index (χ0v) is 15.7. The van der Waals surface area contributed by atoms with Crippen molar-refractivity contribution in [3.63, 3.8) is 0 Å². The van der Waals surface area contributed by atoms with E-state index in [1.165, 1.54) is 0 Å². The number of nitrogens with one attached hydrogen (secondary N) is 3. The van der Waals surface area contributed by atoms with Gasteiger partial charge in [0.1, 0.15) is 11.6 Å². The largest absolute Gasteiger partial charge is 0.444 e. The zero-order chi connectivity index (χ0) is 18.4. The summed E-state index contributed by atoms with van der Waals surface area (Å²) in [5.74, 6) is -0.0845. The van der Waals surface area contributed by atoms with Gasteiger partial charge >= 0.3 is 6.09 Å². The number of hydrogen-bond donors (Lipinski definition) is 4. The van der Waals surface area contributed by atoms with Gasteiger partial charge in [-0.15, -0.1) is 0 Å². The number of aromatic nitrogens is 1. The maximum absolute atomic E-state index is 12.2. The first kappa shape index (κ1) is 19.2. The van der Waals surface area contributed by atoms with E-state index in [1.54, 1.807) is 20.8 Å². The number of fused-ring (bicyclic) bond motifs is 1. The molecule has 2 rings (SSSR count). The topological polar surface area (TPSA) is 83.2 Å². The van der Waals surface area contributed by atoms with Crippen LogP contribution in [0.1, 0.15) is 26.3 Å². The molecule has 0 aliphatic carbocycles. The molecular weight excluding hydrogens is 338 g/mol. The highest BCUT2D eigenvalue weighted by molar-refractivity contribution is 7.80. The van der Waals surface area contributed by atoms with E-state index in [-0.39, 0.29) is 11.7 Å². The number of para-hydroxylation sites is 1. The molecule has 0 unspecified atom stereocenters. The minimum absolute atomic E-state index is 0.193. The normalized spacial score (nSPS) is 12.6. The third-order valence-electron chi connectivity index (χ3n) is 3.56. The van der Waals surface area contributed by atoms with Gasteiger partial charge < -0.3 is 20.4 Å². The third kappa shape index (κ3) is 5.70. The lowest BCUT2D eigenvalue weighted by Crippen LogP contribution is -2.49. The number of H-pyrrole nitrogens is 1. The van der Waals surface area contributed by atoms with Crippen LogP contribution in [0.3, 0.4) is 0 Å². The molecular formula is C18H25N3O3S. The molecule has 0 fully saturated rings. The number of hydrogen-bond acceptors (Lipinski definition) is 4. The van der Waals surface area contributed by atoms with Crippen molar-refractivity contribution in [1.29, 1.82) is 0 Å². The Morgan fingerprint density at radius 3 is 2.68 bits per heavy atom. The lowest BCUT2D eigenvalue weighted by atomic mass is 10.1. The molecule has 1 heterocycles. The summed E-state index contributed by atoms with van der Waals surface area (Å²) in [4.78, 5) is 27.2. The van der Waals surface area contributed by atoms with Crippen LogP contribution >= 0.6 is 12.6 Å². The standard InChI is InChI=1S/C18H25N3O3S/c1-18(2,3)24-17(23)21-15(11-25)16(22)19-9-8-12-10-20-14-7-5-4-6-13(12)14/h4-7,10,15,20,25H,8-9,11H2,1-3H3,(H,19,22)(H,21,23)/t15-/m1/s1. The van der Waals surface area contributed by atoms with E-state index in [2.05, 4.69) is 28.2 Å². The molecule has 0 aliphatic heterocycles. The second-order valence-electron chi connectivity index (χ2n) is 6.78. The smallest absolute Gasteiger partial charge is 0.408 e. The molecule has 25 heavy (non-hydrogen) atoms. The number of rotatable bonds is 6. The van der Waals surface area contributed by atoms with Crippen LogP contribution in [0.5, 0.6) is 0 Å². The molecule has 7 heteroatoms. The fourth-order valence-electron chi connectivity index (χ4n) is 2.43. The molecule has 6 nitrogen and oxygen atoms in total. The number of alkyl carbamates (subject to hydrolysis) is 1. The molecule has 0 spiro atoms. The average Bonchev–Trinajstić information content (AvgIpc) is 2.94. The maximum Gasteiger partial charge on any atom is 0.408 e. The van der Waals surface area contributed by atoms with Gasteiger partial charge in [-0.25, -0.2) is 4.79 Å². The predicted octanol–water partition coefficient (Wildman–Crippen LogP) is 2.65. The van der Waals surface area contributed by atoms with Crippen LogP contribution in [0, 0.1) is 0 Å². The summed E-state index contributed by atoms with van der Waals surface area (Å²) in [5.41, 5.74) is 1.60. The molecule has 2 aromatic rings. The monoisotopic (exact) mass is 363 g/mol. The minimum Gasteiger partial charge on any atom is -0.444 e. The Balaban J connectivity index is 1.84. The zero-order valence-electron chi connectivity index (χ0n) is 14.8. The SMILES string of the molecule is CC(C)(C)OC(=O)N[C@H](CS)C(=O)NCCc1c[nH]c2ccccc12. The quantitative estimate of drug-likeness (QED) is 0.596. The Kier molecular flexibility index (Phi) is 6.36. The summed E-state index contributed by atoms with van der Waals surface area (Å²) in [5, 5.41) is 6.52. The Morgan fingerprint density at radius 1 is 1.28 bits per heavy atom. The highest BCUT2D eigenvalue weighted by atomic mass is 32.1. The van der Waals surface area contributed by atoms with Crippen LogP contribution in [0.15, 0.2) is 30.5 Å². The van der Waals surface area contributed by atoms with Gasteiger partial charge in [0.05, 0.1) is 0 Å². The fourth-order valence-corrected chi connectivity index (χ4v) is 2.68. The Bertz CT molecular complexity index is 736. The van der Waals surface area contributed by atoms with Crippen LogP contribution in [0.2, 0.25) is 0 Å². The first-order chi connectivity index (χ1) is 11.8. The molecule has 1 aromatic carbocycles. The second-order valence-corrected chi connectivity index (χ2v) is 7.15. The lowest BCUT2D eigenvalue weighted by molar-refractivity contribution is -0.122. The molecule has 3 N–H and O–H groups in total. The molecule has 2 amide bonds. The van der Waals surface area contributed by atoms with Gasteiger partial charge in [0, 0.05) is 29.4 Å². The third-order valence-corrected chi connectivity index (χ3v) is 3.92. The van der Waals surface area contributed by atoms with Gasteiger partial charge in [-0.3, -0.25) is 4.79 Å². The van der Waals surface area contributed by atoms with Crippen molar-refractivity contribution < 1.29 is 14.3 Å². The van der Waals surface area contributed by atoms with E-state index in [0.29, 0.717) is 13.0 Å². The van der Waals surface area contributed by atoms with E-state index in [4.69, 9.17) is 4.74 Å². The van der Waals surface area contributed by atoms with Gasteiger partial charge in [-0.2, -0.15) is 12.6 Å². The van der Waals surface area contributed by atoms with Gasteiger partial charge in [0.2, 0.25) is 5.91 Å². The van der Waals surface area contributed by atoms with Crippen LogP contribution in [0.25, 0.3) is 10.9 Å². The molecule has 0 bridgehead atoms. The maximum atomic E-state index is 12.2. The number of ether oxygens (including phenoxy) is 1. The molecule has 136 valence electrons. The van der Waals surface area contributed by atoms with Gasteiger partial charge in [0.15, 0.2) is 0 Å². The lowest BCUT2D eigenvalue weighted by Gasteiger charge is -2.22. The molecule has 1 atom stereocenters. The van der Waals surface area contributed by atoms with E-state index in [0.717, 1.165) is 16.5 Å². The van der Waals surface area contributed by atoms with Gasteiger partial charge in [-0.1, -0.05) is 18.2 Å². The summed E-state index contributed by atoms with van der Waals surface area (Å²) >= 11 is 4.14. The van der Waals surface area contributed by atoms with Crippen molar-refractivity contribution in [2.45, 2.75) is 38.8 Å². The highest BCUT2D eigenvalue weighted by Crippen LogP contribution is 2.17.